The Hall–Kier alpha value is -1.49. The van der Waals surface area contributed by atoms with E-state index in [4.69, 9.17) is 5.73 Å². The fourth-order valence-corrected chi connectivity index (χ4v) is 2.66. The molecule has 1 fully saturated rings. The van der Waals surface area contributed by atoms with Crippen LogP contribution in [0.5, 0.6) is 0 Å². The van der Waals surface area contributed by atoms with Crippen LogP contribution >= 0.6 is 0 Å². The SMILES string of the molecule is CC(C)n1cc(N)cc1C(=O)N1CCCC(CO)C1. The van der Waals surface area contributed by atoms with Crippen molar-refractivity contribution in [3.63, 3.8) is 0 Å². The van der Waals surface area contributed by atoms with Crippen molar-refractivity contribution in [2.75, 3.05) is 25.4 Å². The normalized spacial score (nSPS) is 20.0. The van der Waals surface area contributed by atoms with Crippen LogP contribution in [0, 0.1) is 5.92 Å². The van der Waals surface area contributed by atoms with Gasteiger partial charge in [-0.25, -0.2) is 0 Å². The van der Waals surface area contributed by atoms with Crippen molar-refractivity contribution < 1.29 is 9.90 Å². The Bertz CT molecular complexity index is 454. The number of hydrogen-bond donors (Lipinski definition) is 2. The summed E-state index contributed by atoms with van der Waals surface area (Å²) in [6.45, 7) is 5.61. The summed E-state index contributed by atoms with van der Waals surface area (Å²) in [6.07, 6.45) is 3.76. The van der Waals surface area contributed by atoms with Gasteiger partial charge in [0.2, 0.25) is 0 Å². The van der Waals surface area contributed by atoms with E-state index in [0.29, 0.717) is 17.9 Å². The molecule has 2 heterocycles. The number of aliphatic hydroxyl groups excluding tert-OH is 1. The highest BCUT2D eigenvalue weighted by Gasteiger charge is 2.26. The predicted octanol–water partition coefficient (Wildman–Crippen LogP) is 1.50. The van der Waals surface area contributed by atoms with Crippen LogP contribution in [0.2, 0.25) is 0 Å². The van der Waals surface area contributed by atoms with Gasteiger partial charge in [-0.15, -0.1) is 0 Å². The molecule has 1 aliphatic rings. The number of hydrogen-bond acceptors (Lipinski definition) is 3. The van der Waals surface area contributed by atoms with Crippen LogP contribution in [0.25, 0.3) is 0 Å². The van der Waals surface area contributed by atoms with Gasteiger partial charge in [-0.1, -0.05) is 0 Å². The van der Waals surface area contributed by atoms with E-state index < -0.39 is 0 Å². The summed E-state index contributed by atoms with van der Waals surface area (Å²) in [5.74, 6) is 0.223. The van der Waals surface area contributed by atoms with Crippen LogP contribution in [0.4, 0.5) is 5.69 Å². The molecule has 0 spiro atoms. The number of amides is 1. The van der Waals surface area contributed by atoms with Crippen molar-refractivity contribution in [2.45, 2.75) is 32.7 Å². The van der Waals surface area contributed by atoms with Gasteiger partial charge >= 0.3 is 0 Å². The lowest BCUT2D eigenvalue weighted by Gasteiger charge is -2.32. The van der Waals surface area contributed by atoms with Gasteiger partial charge in [-0.3, -0.25) is 4.79 Å². The summed E-state index contributed by atoms with van der Waals surface area (Å²) < 4.78 is 1.92. The molecule has 3 N–H and O–H groups in total. The summed E-state index contributed by atoms with van der Waals surface area (Å²) >= 11 is 0. The number of nitrogens with zero attached hydrogens (tertiary/aromatic N) is 2. The number of aliphatic hydroxyl groups is 1. The van der Waals surface area contributed by atoms with Crippen LogP contribution in [0.1, 0.15) is 43.2 Å². The van der Waals surface area contributed by atoms with Crippen molar-refractivity contribution in [3.8, 4) is 0 Å². The lowest BCUT2D eigenvalue weighted by Crippen LogP contribution is -2.41. The first-order chi connectivity index (χ1) is 9.02. The Labute approximate surface area is 114 Å². The Kier molecular flexibility index (Phi) is 4.14. The third-order valence-electron chi connectivity index (χ3n) is 3.71. The number of carbonyl (C=O) groups is 1. The first-order valence-electron chi connectivity index (χ1n) is 6.90. The molecule has 5 nitrogen and oxygen atoms in total. The van der Waals surface area contributed by atoms with E-state index in [2.05, 4.69) is 0 Å². The van der Waals surface area contributed by atoms with Crippen LogP contribution in [-0.2, 0) is 0 Å². The molecule has 1 amide bonds. The maximum Gasteiger partial charge on any atom is 0.270 e. The van der Waals surface area contributed by atoms with Gasteiger partial charge in [0.1, 0.15) is 5.69 Å². The lowest BCUT2D eigenvalue weighted by atomic mass is 9.99. The van der Waals surface area contributed by atoms with Gasteiger partial charge in [0, 0.05) is 31.9 Å². The van der Waals surface area contributed by atoms with Gasteiger partial charge < -0.3 is 20.3 Å². The zero-order valence-electron chi connectivity index (χ0n) is 11.7. The highest BCUT2D eigenvalue weighted by atomic mass is 16.3. The van der Waals surface area contributed by atoms with Crippen molar-refractivity contribution in [3.05, 3.63) is 18.0 Å². The third kappa shape index (κ3) is 2.92. The van der Waals surface area contributed by atoms with Crippen LogP contribution in [0.3, 0.4) is 0 Å². The standard InChI is InChI=1S/C14H23N3O2/c1-10(2)17-8-12(15)6-13(17)14(19)16-5-3-4-11(7-16)9-18/h6,8,10-11,18H,3-5,7,9,15H2,1-2H3. The number of carbonyl (C=O) groups excluding carboxylic acids is 1. The molecule has 1 aromatic heterocycles. The van der Waals surface area contributed by atoms with Crippen molar-refractivity contribution >= 4 is 11.6 Å². The summed E-state index contributed by atoms with van der Waals surface area (Å²) in [7, 11) is 0. The predicted molar refractivity (Wildman–Crippen MR) is 74.9 cm³/mol. The number of anilines is 1. The molecule has 0 aromatic carbocycles. The molecular formula is C14H23N3O2. The minimum atomic E-state index is 0.0172. The topological polar surface area (TPSA) is 71.5 Å². The molecule has 1 atom stereocenters. The summed E-state index contributed by atoms with van der Waals surface area (Å²) in [4.78, 5) is 14.4. The van der Waals surface area contributed by atoms with Crippen molar-refractivity contribution in [2.24, 2.45) is 5.92 Å². The van der Waals surface area contributed by atoms with E-state index in [9.17, 15) is 9.90 Å². The fourth-order valence-electron chi connectivity index (χ4n) is 2.66. The van der Waals surface area contributed by atoms with E-state index in [1.165, 1.54) is 0 Å². The lowest BCUT2D eigenvalue weighted by molar-refractivity contribution is 0.0608. The molecule has 19 heavy (non-hydrogen) atoms. The van der Waals surface area contributed by atoms with Crippen molar-refractivity contribution in [1.82, 2.24) is 9.47 Å². The van der Waals surface area contributed by atoms with Crippen LogP contribution < -0.4 is 5.73 Å². The van der Waals surface area contributed by atoms with E-state index >= 15 is 0 Å². The van der Waals surface area contributed by atoms with Gasteiger partial charge in [-0.05, 0) is 38.7 Å². The molecule has 1 saturated heterocycles. The molecule has 1 aromatic rings. The van der Waals surface area contributed by atoms with E-state index in [-0.39, 0.29) is 24.5 Å². The van der Waals surface area contributed by atoms with Gasteiger partial charge in [0.05, 0.1) is 5.69 Å². The number of rotatable bonds is 3. The minimum Gasteiger partial charge on any atom is -0.397 e. The smallest absolute Gasteiger partial charge is 0.270 e. The largest absolute Gasteiger partial charge is 0.397 e. The maximum absolute atomic E-state index is 12.6. The molecule has 1 unspecified atom stereocenters. The number of likely N-dealkylation sites (tertiary alicyclic amines) is 1. The average Bonchev–Trinajstić information content (AvgIpc) is 2.80. The number of nitrogen functional groups attached to an aromatic ring is 1. The average molecular weight is 265 g/mol. The van der Waals surface area contributed by atoms with Gasteiger partial charge in [-0.2, -0.15) is 0 Å². The Morgan fingerprint density at radius 3 is 2.95 bits per heavy atom. The highest BCUT2D eigenvalue weighted by Crippen LogP contribution is 2.22. The fraction of sp³-hybridized carbons (Fsp3) is 0.643. The Morgan fingerprint density at radius 1 is 1.58 bits per heavy atom. The summed E-state index contributed by atoms with van der Waals surface area (Å²) in [6, 6.07) is 1.94. The Balaban J connectivity index is 2.19. The van der Waals surface area contributed by atoms with Gasteiger partial charge in [0.15, 0.2) is 0 Å². The zero-order chi connectivity index (χ0) is 14.0. The van der Waals surface area contributed by atoms with E-state index in [0.717, 1.165) is 19.4 Å². The molecule has 0 aliphatic carbocycles. The zero-order valence-corrected chi connectivity index (χ0v) is 11.7. The van der Waals surface area contributed by atoms with Crippen LogP contribution in [-0.4, -0.2) is 40.2 Å². The van der Waals surface area contributed by atoms with Crippen molar-refractivity contribution in [1.29, 1.82) is 0 Å². The molecular weight excluding hydrogens is 242 g/mol. The first-order valence-corrected chi connectivity index (χ1v) is 6.90. The second kappa shape index (κ2) is 5.65. The monoisotopic (exact) mass is 265 g/mol. The van der Waals surface area contributed by atoms with E-state index in [1.54, 1.807) is 6.07 Å². The van der Waals surface area contributed by atoms with Gasteiger partial charge in [0.25, 0.3) is 5.91 Å². The third-order valence-corrected chi connectivity index (χ3v) is 3.71. The highest BCUT2D eigenvalue weighted by molar-refractivity contribution is 5.94. The molecule has 0 saturated carbocycles. The quantitative estimate of drug-likeness (QED) is 0.870. The molecule has 0 radical (unpaired) electrons. The summed E-state index contributed by atoms with van der Waals surface area (Å²) in [5, 5.41) is 9.24. The summed E-state index contributed by atoms with van der Waals surface area (Å²) in [5.41, 5.74) is 7.07. The maximum atomic E-state index is 12.6. The molecule has 0 bridgehead atoms. The Morgan fingerprint density at radius 2 is 2.32 bits per heavy atom. The number of piperidine rings is 1. The number of nitrogens with two attached hydrogens (primary N) is 1. The molecule has 2 rings (SSSR count). The van der Waals surface area contributed by atoms with Crippen LogP contribution in [0.15, 0.2) is 12.3 Å². The second-order valence-corrected chi connectivity index (χ2v) is 5.60. The second-order valence-electron chi connectivity index (χ2n) is 5.60. The molecule has 106 valence electrons. The minimum absolute atomic E-state index is 0.0172. The first kappa shape index (κ1) is 13.9. The number of aromatic nitrogens is 1. The molecule has 5 heteroatoms. The van der Waals surface area contributed by atoms with E-state index in [1.807, 2.05) is 29.5 Å². The molecule has 1 aliphatic heterocycles.